The summed E-state index contributed by atoms with van der Waals surface area (Å²) >= 11 is 0. The van der Waals surface area contributed by atoms with E-state index in [1.807, 2.05) is 10.6 Å². The number of aromatic nitrogens is 4. The van der Waals surface area contributed by atoms with E-state index in [2.05, 4.69) is 37.8 Å². The Morgan fingerprint density at radius 1 is 1.07 bits per heavy atom. The van der Waals surface area contributed by atoms with E-state index in [1.54, 1.807) is 7.05 Å². The zero-order valence-electron chi connectivity index (χ0n) is 17.7. The molecular formula is C22H29N5O2. The first-order chi connectivity index (χ1) is 14.0. The van der Waals surface area contributed by atoms with Crippen LogP contribution in [0.2, 0.25) is 0 Å². The van der Waals surface area contributed by atoms with Crippen LogP contribution in [0, 0.1) is 13.8 Å². The predicted molar refractivity (Wildman–Crippen MR) is 116 cm³/mol. The first-order valence-electron chi connectivity index (χ1n) is 10.5. The van der Waals surface area contributed by atoms with E-state index < -0.39 is 0 Å². The Hall–Kier alpha value is -2.83. The maximum Gasteiger partial charge on any atom is 0.332 e. The number of imidazole rings is 1. The van der Waals surface area contributed by atoms with Gasteiger partial charge in [0.25, 0.3) is 5.56 Å². The molecular weight excluding hydrogens is 366 g/mol. The van der Waals surface area contributed by atoms with Crippen LogP contribution in [0.5, 0.6) is 0 Å². The van der Waals surface area contributed by atoms with Crippen molar-refractivity contribution in [1.29, 1.82) is 0 Å². The van der Waals surface area contributed by atoms with Gasteiger partial charge in [0.2, 0.25) is 5.95 Å². The smallest absolute Gasteiger partial charge is 0.310 e. The van der Waals surface area contributed by atoms with Crippen LogP contribution in [-0.2, 0) is 20.1 Å². The van der Waals surface area contributed by atoms with Crippen LogP contribution >= 0.6 is 0 Å². The molecule has 4 rings (SSSR count). The highest BCUT2D eigenvalue weighted by Crippen LogP contribution is 2.34. The number of unbranched alkanes of at least 4 members (excludes halogenated alkanes) is 3. The van der Waals surface area contributed by atoms with Gasteiger partial charge in [-0.15, -0.1) is 0 Å². The van der Waals surface area contributed by atoms with Crippen LogP contribution in [0.4, 0.5) is 11.6 Å². The third kappa shape index (κ3) is 3.09. The van der Waals surface area contributed by atoms with E-state index in [0.29, 0.717) is 24.3 Å². The molecule has 2 aromatic heterocycles. The van der Waals surface area contributed by atoms with Crippen LogP contribution < -0.4 is 16.1 Å². The molecule has 7 heteroatoms. The average Bonchev–Trinajstić information content (AvgIpc) is 3.27. The van der Waals surface area contributed by atoms with Gasteiger partial charge in [-0.3, -0.25) is 13.9 Å². The van der Waals surface area contributed by atoms with Gasteiger partial charge in [0.05, 0.1) is 0 Å². The average molecular weight is 396 g/mol. The Morgan fingerprint density at radius 3 is 2.62 bits per heavy atom. The van der Waals surface area contributed by atoms with E-state index >= 15 is 0 Å². The molecule has 29 heavy (non-hydrogen) atoms. The molecule has 1 aliphatic heterocycles. The molecule has 0 radical (unpaired) electrons. The fraction of sp³-hybridized carbons (Fsp3) is 0.500. The minimum Gasteiger partial charge on any atom is -0.310 e. The van der Waals surface area contributed by atoms with Crippen LogP contribution in [-0.4, -0.2) is 25.2 Å². The molecule has 0 saturated carbocycles. The van der Waals surface area contributed by atoms with Crippen LogP contribution in [0.15, 0.2) is 27.8 Å². The Balaban J connectivity index is 1.83. The molecule has 0 N–H and O–H groups in total. The van der Waals surface area contributed by atoms with Crippen molar-refractivity contribution < 1.29 is 0 Å². The lowest BCUT2D eigenvalue weighted by Crippen LogP contribution is -2.39. The first kappa shape index (κ1) is 19.5. The summed E-state index contributed by atoms with van der Waals surface area (Å²) in [5.41, 5.74) is 4.02. The van der Waals surface area contributed by atoms with Crippen molar-refractivity contribution in [1.82, 2.24) is 18.7 Å². The number of hydrogen-bond acceptors (Lipinski definition) is 4. The Morgan fingerprint density at radius 2 is 1.86 bits per heavy atom. The van der Waals surface area contributed by atoms with Crippen molar-refractivity contribution >= 4 is 22.8 Å². The van der Waals surface area contributed by atoms with E-state index in [1.165, 1.54) is 20.3 Å². The molecule has 3 heterocycles. The van der Waals surface area contributed by atoms with Crippen molar-refractivity contribution in [3.63, 3.8) is 0 Å². The second-order valence-corrected chi connectivity index (χ2v) is 7.97. The van der Waals surface area contributed by atoms with Gasteiger partial charge in [-0.25, -0.2) is 4.79 Å². The molecule has 7 nitrogen and oxygen atoms in total. The van der Waals surface area contributed by atoms with Gasteiger partial charge in [0, 0.05) is 32.4 Å². The van der Waals surface area contributed by atoms with E-state index in [4.69, 9.17) is 4.98 Å². The van der Waals surface area contributed by atoms with Gasteiger partial charge in [-0.05, 0) is 37.5 Å². The highest BCUT2D eigenvalue weighted by molar-refractivity contribution is 5.78. The van der Waals surface area contributed by atoms with Crippen LogP contribution in [0.25, 0.3) is 11.2 Å². The number of fused-ring (bicyclic) bond motifs is 3. The summed E-state index contributed by atoms with van der Waals surface area (Å²) in [7, 11) is 1.71. The first-order valence-corrected chi connectivity index (χ1v) is 10.5. The lowest BCUT2D eigenvalue weighted by molar-refractivity contribution is 0.538. The fourth-order valence-corrected chi connectivity index (χ4v) is 4.23. The molecule has 0 amide bonds. The van der Waals surface area contributed by atoms with Crippen molar-refractivity contribution in [2.75, 3.05) is 11.4 Å². The van der Waals surface area contributed by atoms with Gasteiger partial charge in [-0.1, -0.05) is 38.3 Å². The normalized spacial score (nSPS) is 13.4. The minimum atomic E-state index is -0.283. The maximum atomic E-state index is 13.2. The van der Waals surface area contributed by atoms with Crippen molar-refractivity contribution in [2.45, 2.75) is 59.5 Å². The van der Waals surface area contributed by atoms with Gasteiger partial charge >= 0.3 is 5.69 Å². The van der Waals surface area contributed by atoms with Gasteiger partial charge < -0.3 is 9.47 Å². The molecule has 154 valence electrons. The van der Waals surface area contributed by atoms with Gasteiger partial charge in [-0.2, -0.15) is 4.98 Å². The zero-order chi connectivity index (χ0) is 20.7. The second kappa shape index (κ2) is 7.54. The SMILES string of the molecule is CCCCCCn1c(=O)c2c(nc3n2CCN3c2cccc(C)c2C)n(C)c1=O. The molecule has 3 aromatic rings. The highest BCUT2D eigenvalue weighted by Gasteiger charge is 2.29. The molecule has 0 spiro atoms. The molecule has 0 bridgehead atoms. The number of rotatable bonds is 6. The number of anilines is 2. The quantitative estimate of drug-likeness (QED) is 0.601. The van der Waals surface area contributed by atoms with Gasteiger partial charge in [0.1, 0.15) is 0 Å². The number of nitrogens with zero attached hydrogens (tertiary/aromatic N) is 5. The summed E-state index contributed by atoms with van der Waals surface area (Å²) in [5, 5.41) is 0. The van der Waals surface area contributed by atoms with Crippen LogP contribution in [0.1, 0.15) is 43.7 Å². The number of aryl methyl sites for hydroxylation is 2. The molecule has 0 saturated heterocycles. The predicted octanol–water partition coefficient (Wildman–Crippen LogP) is 3.25. The Labute approximate surface area is 170 Å². The summed E-state index contributed by atoms with van der Waals surface area (Å²) < 4.78 is 4.87. The molecule has 1 aromatic carbocycles. The summed E-state index contributed by atoms with van der Waals surface area (Å²) in [6.07, 6.45) is 4.10. The minimum absolute atomic E-state index is 0.221. The monoisotopic (exact) mass is 395 g/mol. The van der Waals surface area contributed by atoms with Crippen molar-refractivity contribution in [3.05, 3.63) is 50.2 Å². The molecule has 0 aliphatic carbocycles. The van der Waals surface area contributed by atoms with E-state index in [9.17, 15) is 9.59 Å². The van der Waals surface area contributed by atoms with E-state index in [-0.39, 0.29) is 11.2 Å². The summed E-state index contributed by atoms with van der Waals surface area (Å²) in [4.78, 5) is 32.9. The lowest BCUT2D eigenvalue weighted by Gasteiger charge is -2.19. The topological polar surface area (TPSA) is 65.1 Å². The Bertz CT molecular complexity index is 1180. The summed E-state index contributed by atoms with van der Waals surface area (Å²) in [6.45, 7) is 8.26. The zero-order valence-corrected chi connectivity index (χ0v) is 17.7. The number of hydrogen-bond donors (Lipinski definition) is 0. The Kier molecular flexibility index (Phi) is 5.06. The third-order valence-corrected chi connectivity index (χ3v) is 6.10. The van der Waals surface area contributed by atoms with Crippen molar-refractivity contribution in [2.24, 2.45) is 7.05 Å². The van der Waals surface area contributed by atoms with E-state index in [0.717, 1.165) is 43.9 Å². The van der Waals surface area contributed by atoms with Crippen molar-refractivity contribution in [3.8, 4) is 0 Å². The summed E-state index contributed by atoms with van der Waals surface area (Å²) in [6, 6.07) is 6.23. The molecule has 0 unspecified atom stereocenters. The number of benzene rings is 1. The highest BCUT2D eigenvalue weighted by atomic mass is 16.2. The fourth-order valence-electron chi connectivity index (χ4n) is 4.23. The maximum absolute atomic E-state index is 13.2. The molecule has 0 atom stereocenters. The third-order valence-electron chi connectivity index (χ3n) is 6.10. The second-order valence-electron chi connectivity index (χ2n) is 7.97. The standard InChI is InChI=1S/C22H29N5O2/c1-5-6-7-8-12-27-20(28)18-19(24(4)22(27)29)23-21-25(13-14-26(18)21)17-11-9-10-15(2)16(17)3/h9-11H,5-8,12-14H2,1-4H3. The lowest BCUT2D eigenvalue weighted by atomic mass is 10.1. The molecule has 1 aliphatic rings. The van der Waals surface area contributed by atoms with Gasteiger partial charge in [0.15, 0.2) is 11.2 Å². The molecule has 0 fully saturated rings. The largest absolute Gasteiger partial charge is 0.332 e. The van der Waals surface area contributed by atoms with Crippen LogP contribution in [0.3, 0.4) is 0 Å². The summed E-state index contributed by atoms with van der Waals surface area (Å²) in [5.74, 6) is 0.740.